The maximum atomic E-state index is 9.93. The van der Waals surface area contributed by atoms with Gasteiger partial charge < -0.3 is 10.0 Å². The van der Waals surface area contributed by atoms with Gasteiger partial charge >= 0.3 is 7.12 Å². The van der Waals surface area contributed by atoms with Crippen LogP contribution in [-0.4, -0.2) is 31.7 Å². The molecular formula is C31H24BN3O2. The van der Waals surface area contributed by atoms with Crippen molar-refractivity contribution in [3.05, 3.63) is 108 Å². The average Bonchev–Trinajstić information content (AvgIpc) is 3.27. The lowest BCUT2D eigenvalue weighted by Crippen LogP contribution is -2.29. The third-order valence-corrected chi connectivity index (χ3v) is 6.76. The van der Waals surface area contributed by atoms with Gasteiger partial charge in [0, 0.05) is 21.7 Å². The normalized spacial score (nSPS) is 12.6. The van der Waals surface area contributed by atoms with Gasteiger partial charge in [-0.05, 0) is 41.0 Å². The van der Waals surface area contributed by atoms with Gasteiger partial charge in [-0.15, -0.1) is 0 Å². The Kier molecular flexibility index (Phi) is 5.68. The number of fused-ring (bicyclic) bond motifs is 4. The highest BCUT2D eigenvalue weighted by Gasteiger charge is 2.20. The molecular weight excluding hydrogens is 457 g/mol. The van der Waals surface area contributed by atoms with Gasteiger partial charge in [0.25, 0.3) is 0 Å². The molecule has 2 N–H and O–H groups in total. The number of benzene rings is 4. The highest BCUT2D eigenvalue weighted by atomic mass is 16.4. The minimum Gasteiger partial charge on any atom is -0.423 e. The molecule has 6 heteroatoms. The summed E-state index contributed by atoms with van der Waals surface area (Å²) in [6.45, 7) is 5.93. The first-order chi connectivity index (χ1) is 18.1. The van der Waals surface area contributed by atoms with E-state index in [1.165, 1.54) is 0 Å². The van der Waals surface area contributed by atoms with Crippen LogP contribution in [0.3, 0.4) is 0 Å². The summed E-state index contributed by atoms with van der Waals surface area (Å²) in [6, 6.07) is 27.8. The van der Waals surface area contributed by atoms with E-state index in [0.29, 0.717) is 11.4 Å². The fourth-order valence-electron chi connectivity index (χ4n) is 5.08. The van der Waals surface area contributed by atoms with Crippen LogP contribution in [-0.2, 0) is 0 Å². The minimum absolute atomic E-state index is 0.423. The molecule has 2 heterocycles. The van der Waals surface area contributed by atoms with E-state index in [0.717, 1.165) is 54.4 Å². The van der Waals surface area contributed by atoms with E-state index >= 15 is 0 Å². The Morgan fingerprint density at radius 1 is 0.838 bits per heavy atom. The number of nitrogens with zero attached hydrogens (tertiary/aromatic N) is 3. The molecule has 6 rings (SSSR count). The van der Waals surface area contributed by atoms with Crippen LogP contribution in [0.25, 0.3) is 62.1 Å². The fraction of sp³-hybridized carbons (Fsp3) is 0.0323. The third kappa shape index (κ3) is 3.75. The summed E-state index contributed by atoms with van der Waals surface area (Å²) >= 11 is 0. The van der Waals surface area contributed by atoms with Gasteiger partial charge in [-0.3, -0.25) is 4.57 Å². The highest BCUT2D eigenvalue weighted by molar-refractivity contribution is 6.59. The molecule has 0 radical (unpaired) electrons. The van der Waals surface area contributed by atoms with E-state index in [1.54, 1.807) is 12.1 Å². The molecule has 0 spiro atoms. The van der Waals surface area contributed by atoms with Crippen molar-refractivity contribution < 1.29 is 10.0 Å². The van der Waals surface area contributed by atoms with Gasteiger partial charge in [0.05, 0.1) is 22.2 Å². The lowest BCUT2D eigenvalue weighted by atomic mass is 9.80. The summed E-state index contributed by atoms with van der Waals surface area (Å²) in [5.41, 5.74) is 4.94. The van der Waals surface area contributed by atoms with E-state index in [1.807, 2.05) is 67.6 Å². The Morgan fingerprint density at radius 3 is 2.35 bits per heavy atom. The Balaban J connectivity index is 1.80. The van der Waals surface area contributed by atoms with Crippen LogP contribution in [0.1, 0.15) is 6.92 Å². The Morgan fingerprint density at radius 2 is 1.59 bits per heavy atom. The second-order valence-corrected chi connectivity index (χ2v) is 8.89. The first-order valence-corrected chi connectivity index (χ1v) is 12.2. The maximum absolute atomic E-state index is 9.93. The Bertz CT molecular complexity index is 1940. The van der Waals surface area contributed by atoms with Crippen LogP contribution in [0, 0.1) is 0 Å². The largest absolute Gasteiger partial charge is 0.488 e. The SMILES string of the molecule is C=C/C=c1\c(=C/C)ccc2c1c1cc(B(O)O)ccc1n2-c1nc(-c2ccccc2)c2ccccc2n1. The van der Waals surface area contributed by atoms with E-state index in [-0.39, 0.29) is 0 Å². The highest BCUT2D eigenvalue weighted by Crippen LogP contribution is 2.31. The van der Waals surface area contributed by atoms with Crippen LogP contribution in [0.2, 0.25) is 0 Å². The number of para-hydroxylation sites is 1. The van der Waals surface area contributed by atoms with Crippen LogP contribution in [0.5, 0.6) is 0 Å². The van der Waals surface area contributed by atoms with Gasteiger partial charge in [-0.25, -0.2) is 9.97 Å². The third-order valence-electron chi connectivity index (χ3n) is 6.76. The number of aromatic nitrogens is 3. The standard InChI is InChI=1S/C31H24BN3O2/c1-3-10-23-20(4-2)15-17-28-29(23)25-19-22(32(36)37)16-18-27(25)35(28)31-33-26-14-9-8-13-24(26)30(34-31)21-11-6-5-7-12-21/h3-19,36-37H,1H2,2H3/b20-4-,23-10+. The van der Waals surface area contributed by atoms with Gasteiger partial charge in [-0.1, -0.05) is 91.5 Å². The molecule has 6 aromatic rings. The zero-order chi connectivity index (χ0) is 25.5. The van der Waals surface area contributed by atoms with Crippen LogP contribution < -0.4 is 15.9 Å². The van der Waals surface area contributed by atoms with Crippen molar-refractivity contribution in [3.63, 3.8) is 0 Å². The first-order valence-electron chi connectivity index (χ1n) is 12.2. The summed E-state index contributed by atoms with van der Waals surface area (Å²) in [5, 5.41) is 24.8. The number of allylic oxidation sites excluding steroid dienone is 1. The molecule has 2 aromatic heterocycles. The molecule has 0 saturated carbocycles. The molecule has 0 unspecified atom stereocenters. The lowest BCUT2D eigenvalue weighted by Gasteiger charge is -2.11. The van der Waals surface area contributed by atoms with Crippen LogP contribution in [0.15, 0.2) is 97.6 Å². The second-order valence-electron chi connectivity index (χ2n) is 8.89. The zero-order valence-electron chi connectivity index (χ0n) is 20.3. The van der Waals surface area contributed by atoms with Crippen molar-refractivity contribution in [3.8, 4) is 17.2 Å². The molecule has 0 amide bonds. The second kappa shape index (κ2) is 9.17. The van der Waals surface area contributed by atoms with Gasteiger partial charge in [0.1, 0.15) is 0 Å². The molecule has 4 aromatic carbocycles. The molecule has 0 aliphatic rings. The summed E-state index contributed by atoms with van der Waals surface area (Å²) in [6.07, 6.45) is 5.82. The van der Waals surface area contributed by atoms with E-state index in [4.69, 9.17) is 9.97 Å². The number of hydrogen-bond donors (Lipinski definition) is 2. The quantitative estimate of drug-likeness (QED) is 0.376. The molecule has 5 nitrogen and oxygen atoms in total. The molecule has 0 atom stereocenters. The van der Waals surface area contributed by atoms with Crippen molar-refractivity contribution >= 4 is 57.4 Å². The average molecular weight is 481 g/mol. The lowest BCUT2D eigenvalue weighted by molar-refractivity contribution is 0.426. The van der Waals surface area contributed by atoms with Gasteiger partial charge in [0.15, 0.2) is 0 Å². The van der Waals surface area contributed by atoms with Crippen LogP contribution in [0.4, 0.5) is 0 Å². The molecule has 37 heavy (non-hydrogen) atoms. The minimum atomic E-state index is -1.57. The van der Waals surface area contributed by atoms with Crippen molar-refractivity contribution in [2.24, 2.45) is 0 Å². The number of hydrogen-bond acceptors (Lipinski definition) is 4. The Labute approximate surface area is 214 Å². The molecule has 0 aliphatic carbocycles. The van der Waals surface area contributed by atoms with Crippen molar-refractivity contribution in [1.29, 1.82) is 0 Å². The van der Waals surface area contributed by atoms with E-state index in [9.17, 15) is 10.0 Å². The molecule has 178 valence electrons. The Hall–Kier alpha value is -4.52. The van der Waals surface area contributed by atoms with Gasteiger partial charge in [-0.2, -0.15) is 0 Å². The predicted molar refractivity (Wildman–Crippen MR) is 153 cm³/mol. The van der Waals surface area contributed by atoms with E-state index < -0.39 is 7.12 Å². The summed E-state index contributed by atoms with van der Waals surface area (Å²) in [5.74, 6) is 0.549. The molecule has 0 fully saturated rings. The van der Waals surface area contributed by atoms with Crippen LogP contribution >= 0.6 is 0 Å². The molecule has 0 aliphatic heterocycles. The van der Waals surface area contributed by atoms with Crippen molar-refractivity contribution in [2.75, 3.05) is 0 Å². The molecule has 0 bridgehead atoms. The zero-order valence-corrected chi connectivity index (χ0v) is 20.3. The smallest absolute Gasteiger partial charge is 0.423 e. The predicted octanol–water partition coefficient (Wildman–Crippen LogP) is 3.84. The van der Waals surface area contributed by atoms with Crippen molar-refractivity contribution in [1.82, 2.24) is 14.5 Å². The van der Waals surface area contributed by atoms with E-state index in [2.05, 4.69) is 41.5 Å². The summed E-state index contributed by atoms with van der Waals surface area (Å²) in [7, 11) is -1.57. The first kappa shape index (κ1) is 22.9. The van der Waals surface area contributed by atoms with Gasteiger partial charge in [0.2, 0.25) is 5.95 Å². The monoisotopic (exact) mass is 481 g/mol. The fourth-order valence-corrected chi connectivity index (χ4v) is 5.08. The summed E-state index contributed by atoms with van der Waals surface area (Å²) < 4.78 is 2.05. The molecule has 0 saturated heterocycles. The van der Waals surface area contributed by atoms with Crippen molar-refractivity contribution in [2.45, 2.75) is 6.92 Å². The topological polar surface area (TPSA) is 71.2 Å². The summed E-state index contributed by atoms with van der Waals surface area (Å²) in [4.78, 5) is 10.1. The number of rotatable bonds is 4. The maximum Gasteiger partial charge on any atom is 0.488 e.